The molecular formula is C16H13F2N5O. The third-order valence-corrected chi connectivity index (χ3v) is 3.39. The Morgan fingerprint density at radius 3 is 2.96 bits per heavy atom. The maximum atomic E-state index is 12.4. The lowest BCUT2D eigenvalue weighted by Gasteiger charge is -2.13. The molecule has 0 saturated heterocycles. The summed E-state index contributed by atoms with van der Waals surface area (Å²) in [5.41, 5.74) is 1.45. The van der Waals surface area contributed by atoms with Crippen LogP contribution in [-0.4, -0.2) is 27.9 Å². The number of anilines is 1. The average Bonchev–Trinajstić information content (AvgIpc) is 3.08. The third kappa shape index (κ3) is 3.41. The van der Waals surface area contributed by atoms with Crippen molar-refractivity contribution in [2.75, 3.05) is 11.9 Å². The molecule has 2 heterocycles. The minimum absolute atomic E-state index is 0.0181. The van der Waals surface area contributed by atoms with E-state index in [1.807, 2.05) is 12.3 Å². The number of nitriles is 1. The molecule has 0 aliphatic rings. The fourth-order valence-corrected chi connectivity index (χ4v) is 2.35. The van der Waals surface area contributed by atoms with E-state index in [9.17, 15) is 14.0 Å². The van der Waals surface area contributed by atoms with Crippen LogP contribution in [0.4, 0.5) is 14.5 Å². The van der Waals surface area contributed by atoms with Gasteiger partial charge in [-0.2, -0.15) is 19.1 Å². The first-order valence-electron chi connectivity index (χ1n) is 7.16. The van der Waals surface area contributed by atoms with Crippen LogP contribution in [0.5, 0.6) is 5.75 Å². The van der Waals surface area contributed by atoms with E-state index in [4.69, 9.17) is 0 Å². The van der Waals surface area contributed by atoms with Gasteiger partial charge in [0.2, 0.25) is 0 Å². The van der Waals surface area contributed by atoms with Crippen molar-refractivity contribution < 1.29 is 13.5 Å². The van der Waals surface area contributed by atoms with E-state index >= 15 is 0 Å². The highest BCUT2D eigenvalue weighted by Gasteiger charge is 2.11. The number of pyridine rings is 1. The van der Waals surface area contributed by atoms with E-state index in [0.29, 0.717) is 35.2 Å². The molecule has 0 aliphatic carbocycles. The molecule has 3 aromatic rings. The quantitative estimate of drug-likeness (QED) is 0.752. The Hall–Kier alpha value is -3.21. The topological polar surface area (TPSA) is 75.8 Å². The predicted octanol–water partition coefficient (Wildman–Crippen LogP) is 3.02. The average molecular weight is 329 g/mol. The maximum absolute atomic E-state index is 12.4. The van der Waals surface area contributed by atoms with E-state index in [1.165, 1.54) is 18.3 Å². The van der Waals surface area contributed by atoms with Crippen molar-refractivity contribution in [1.29, 1.82) is 5.26 Å². The van der Waals surface area contributed by atoms with Crippen molar-refractivity contribution in [2.24, 2.45) is 0 Å². The van der Waals surface area contributed by atoms with Crippen LogP contribution in [0.2, 0.25) is 0 Å². The van der Waals surface area contributed by atoms with Gasteiger partial charge in [0.25, 0.3) is 0 Å². The summed E-state index contributed by atoms with van der Waals surface area (Å²) in [5, 5.41) is 17.1. The van der Waals surface area contributed by atoms with Crippen molar-refractivity contribution in [1.82, 2.24) is 14.8 Å². The standard InChI is InChI=1S/C16H13F2N5O/c17-16(18)24-12-2-3-14-13(8-12)15(11(9-19)10-21-14)20-5-7-23-6-1-4-22-23/h1-4,6,8,10,16H,5,7H2,(H,20,21). The Balaban J connectivity index is 1.91. The molecule has 0 radical (unpaired) electrons. The molecule has 0 unspecified atom stereocenters. The monoisotopic (exact) mass is 329 g/mol. The van der Waals surface area contributed by atoms with E-state index in [1.54, 1.807) is 16.9 Å². The summed E-state index contributed by atoms with van der Waals surface area (Å²) in [5.74, 6) is 0.0181. The molecule has 0 bridgehead atoms. The van der Waals surface area contributed by atoms with E-state index in [2.05, 4.69) is 26.2 Å². The molecule has 2 aromatic heterocycles. The van der Waals surface area contributed by atoms with Gasteiger partial charge in [0.05, 0.1) is 23.3 Å². The van der Waals surface area contributed by atoms with Gasteiger partial charge in [0.15, 0.2) is 0 Å². The molecule has 8 heteroatoms. The lowest BCUT2D eigenvalue weighted by Crippen LogP contribution is -2.12. The number of nitrogens with one attached hydrogen (secondary N) is 1. The zero-order valence-corrected chi connectivity index (χ0v) is 12.5. The minimum Gasteiger partial charge on any atom is -0.435 e. The summed E-state index contributed by atoms with van der Waals surface area (Å²) < 4.78 is 31.0. The Morgan fingerprint density at radius 1 is 1.38 bits per heavy atom. The number of rotatable bonds is 6. The van der Waals surface area contributed by atoms with Crippen LogP contribution in [0.15, 0.2) is 42.9 Å². The second kappa shape index (κ2) is 6.91. The molecule has 3 rings (SSSR count). The van der Waals surface area contributed by atoms with Crippen molar-refractivity contribution in [3.05, 3.63) is 48.4 Å². The molecule has 0 spiro atoms. The van der Waals surface area contributed by atoms with Gasteiger partial charge in [-0.1, -0.05) is 0 Å². The van der Waals surface area contributed by atoms with E-state index in [0.717, 1.165) is 0 Å². The Kier molecular flexibility index (Phi) is 4.52. The smallest absolute Gasteiger partial charge is 0.387 e. The second-order valence-electron chi connectivity index (χ2n) is 4.91. The molecule has 0 atom stereocenters. The summed E-state index contributed by atoms with van der Waals surface area (Å²) in [6.45, 7) is -1.81. The fraction of sp³-hybridized carbons (Fsp3) is 0.188. The van der Waals surface area contributed by atoms with Crippen LogP contribution in [0, 0.1) is 11.3 Å². The molecule has 0 amide bonds. The van der Waals surface area contributed by atoms with Crippen molar-refractivity contribution in [3.63, 3.8) is 0 Å². The van der Waals surface area contributed by atoms with Crippen molar-refractivity contribution in [2.45, 2.75) is 13.2 Å². The van der Waals surface area contributed by atoms with E-state index in [-0.39, 0.29) is 5.75 Å². The van der Waals surface area contributed by atoms with Crippen LogP contribution in [0.25, 0.3) is 10.9 Å². The molecule has 0 fully saturated rings. The van der Waals surface area contributed by atoms with Crippen LogP contribution in [-0.2, 0) is 6.54 Å². The fourth-order valence-electron chi connectivity index (χ4n) is 2.35. The number of halogens is 2. The molecule has 6 nitrogen and oxygen atoms in total. The molecule has 1 N–H and O–H groups in total. The number of alkyl halides is 2. The molecule has 24 heavy (non-hydrogen) atoms. The zero-order chi connectivity index (χ0) is 16.9. The molecule has 0 aliphatic heterocycles. The zero-order valence-electron chi connectivity index (χ0n) is 12.5. The second-order valence-corrected chi connectivity index (χ2v) is 4.91. The minimum atomic E-state index is -2.91. The summed E-state index contributed by atoms with van der Waals surface area (Å²) in [7, 11) is 0. The maximum Gasteiger partial charge on any atom is 0.387 e. The van der Waals surface area contributed by atoms with Gasteiger partial charge in [0, 0.05) is 30.5 Å². The first-order valence-corrected chi connectivity index (χ1v) is 7.16. The highest BCUT2D eigenvalue weighted by Crippen LogP contribution is 2.29. The van der Waals surface area contributed by atoms with Crippen LogP contribution in [0.3, 0.4) is 0 Å². The lowest BCUT2D eigenvalue weighted by molar-refractivity contribution is -0.0497. The largest absolute Gasteiger partial charge is 0.435 e. The van der Waals surface area contributed by atoms with Crippen molar-refractivity contribution >= 4 is 16.6 Å². The lowest BCUT2D eigenvalue weighted by atomic mass is 10.1. The predicted molar refractivity (Wildman–Crippen MR) is 83.8 cm³/mol. The number of aromatic nitrogens is 3. The highest BCUT2D eigenvalue weighted by atomic mass is 19.3. The van der Waals surface area contributed by atoms with Gasteiger partial charge in [-0.15, -0.1) is 0 Å². The van der Waals surface area contributed by atoms with Gasteiger partial charge in [0.1, 0.15) is 11.8 Å². The highest BCUT2D eigenvalue weighted by molar-refractivity contribution is 5.94. The first kappa shape index (κ1) is 15.7. The number of nitrogens with zero attached hydrogens (tertiary/aromatic N) is 4. The Morgan fingerprint density at radius 2 is 2.25 bits per heavy atom. The number of benzene rings is 1. The van der Waals surface area contributed by atoms with Gasteiger partial charge >= 0.3 is 6.61 Å². The molecular weight excluding hydrogens is 316 g/mol. The van der Waals surface area contributed by atoms with Gasteiger partial charge in [-0.05, 0) is 24.3 Å². The normalized spacial score (nSPS) is 10.8. The third-order valence-electron chi connectivity index (χ3n) is 3.39. The van der Waals surface area contributed by atoms with Crippen LogP contribution < -0.4 is 10.1 Å². The van der Waals surface area contributed by atoms with Gasteiger partial charge in [-0.3, -0.25) is 9.67 Å². The first-order chi connectivity index (χ1) is 11.7. The molecule has 1 aromatic carbocycles. The Bertz CT molecular complexity index is 874. The van der Waals surface area contributed by atoms with Gasteiger partial charge in [-0.25, -0.2) is 0 Å². The number of hydrogen-bond donors (Lipinski definition) is 1. The van der Waals surface area contributed by atoms with Gasteiger partial charge < -0.3 is 10.1 Å². The van der Waals surface area contributed by atoms with Crippen LogP contribution in [0.1, 0.15) is 5.56 Å². The molecule has 122 valence electrons. The van der Waals surface area contributed by atoms with E-state index < -0.39 is 6.61 Å². The number of ether oxygens (including phenoxy) is 1. The van der Waals surface area contributed by atoms with Crippen LogP contribution >= 0.6 is 0 Å². The summed E-state index contributed by atoms with van der Waals surface area (Å²) in [4.78, 5) is 4.17. The summed E-state index contributed by atoms with van der Waals surface area (Å²) in [6, 6.07) is 8.32. The number of hydrogen-bond acceptors (Lipinski definition) is 5. The number of fused-ring (bicyclic) bond motifs is 1. The summed E-state index contributed by atoms with van der Waals surface area (Å²) in [6.07, 6.45) is 4.95. The molecule has 0 saturated carbocycles. The SMILES string of the molecule is N#Cc1cnc2ccc(OC(F)F)cc2c1NCCn1cccn1. The summed E-state index contributed by atoms with van der Waals surface area (Å²) >= 11 is 0. The Labute approximate surface area is 136 Å². The van der Waals surface area contributed by atoms with Crippen molar-refractivity contribution in [3.8, 4) is 11.8 Å².